The van der Waals surface area contributed by atoms with Gasteiger partial charge in [-0.05, 0) is 54.6 Å². The van der Waals surface area contributed by atoms with E-state index >= 15 is 0 Å². The van der Waals surface area contributed by atoms with Crippen molar-refractivity contribution in [2.24, 2.45) is 0 Å². The maximum absolute atomic E-state index is 13.8. The number of nitrogens with one attached hydrogen (secondary N) is 1. The molecule has 186 valence electrons. The average Bonchev–Trinajstić information content (AvgIpc) is 3.38. The predicted molar refractivity (Wildman–Crippen MR) is 135 cm³/mol. The van der Waals surface area contributed by atoms with Crippen molar-refractivity contribution in [1.82, 2.24) is 15.1 Å². The SMILES string of the molecule is CN1CCN(c2ccc(-c3cc(-c4ccc(OCc5ccccc5)c(C(F)(F)F)c4)n[nH]3)cc2)CC1. The number of piperazine rings is 1. The second-order valence-electron chi connectivity index (χ2n) is 8.99. The molecule has 5 rings (SSSR count). The van der Waals surface area contributed by atoms with Gasteiger partial charge in [0.15, 0.2) is 0 Å². The number of alkyl halides is 3. The summed E-state index contributed by atoms with van der Waals surface area (Å²) in [5.74, 6) is -0.203. The first-order chi connectivity index (χ1) is 17.4. The Bertz CT molecular complexity index is 1290. The van der Waals surface area contributed by atoms with Crippen LogP contribution in [0.1, 0.15) is 11.1 Å². The summed E-state index contributed by atoms with van der Waals surface area (Å²) in [5, 5.41) is 7.24. The number of hydrogen-bond acceptors (Lipinski definition) is 4. The van der Waals surface area contributed by atoms with E-state index in [1.165, 1.54) is 6.07 Å². The fraction of sp³-hybridized carbons (Fsp3) is 0.250. The second kappa shape index (κ2) is 10.1. The molecule has 1 aromatic heterocycles. The van der Waals surface area contributed by atoms with Gasteiger partial charge in [-0.1, -0.05) is 42.5 Å². The number of hydrogen-bond donors (Lipinski definition) is 1. The van der Waals surface area contributed by atoms with Crippen molar-refractivity contribution in [3.63, 3.8) is 0 Å². The van der Waals surface area contributed by atoms with Gasteiger partial charge >= 0.3 is 6.18 Å². The molecule has 0 atom stereocenters. The van der Waals surface area contributed by atoms with Crippen molar-refractivity contribution >= 4 is 5.69 Å². The Balaban J connectivity index is 1.34. The van der Waals surface area contributed by atoms with Crippen LogP contribution in [-0.4, -0.2) is 48.3 Å². The minimum atomic E-state index is -4.56. The maximum Gasteiger partial charge on any atom is 0.419 e. The van der Waals surface area contributed by atoms with Gasteiger partial charge in [-0.3, -0.25) is 5.10 Å². The molecule has 1 fully saturated rings. The number of nitrogens with zero attached hydrogens (tertiary/aromatic N) is 3. The van der Waals surface area contributed by atoms with Crippen molar-refractivity contribution in [3.8, 4) is 28.3 Å². The zero-order valence-electron chi connectivity index (χ0n) is 19.9. The van der Waals surface area contributed by atoms with Crippen LogP contribution < -0.4 is 9.64 Å². The highest BCUT2D eigenvalue weighted by Crippen LogP contribution is 2.39. The predicted octanol–water partition coefficient (Wildman–Crippen LogP) is 6.09. The summed E-state index contributed by atoms with van der Waals surface area (Å²) >= 11 is 0. The average molecular weight is 493 g/mol. The molecule has 0 saturated carbocycles. The number of rotatable bonds is 6. The molecule has 0 radical (unpaired) electrons. The molecule has 0 aliphatic carbocycles. The van der Waals surface area contributed by atoms with Gasteiger partial charge < -0.3 is 14.5 Å². The van der Waals surface area contributed by atoms with Gasteiger partial charge in [0.05, 0.1) is 17.0 Å². The van der Waals surface area contributed by atoms with Crippen LogP contribution in [0.2, 0.25) is 0 Å². The highest BCUT2D eigenvalue weighted by atomic mass is 19.4. The first-order valence-corrected chi connectivity index (χ1v) is 11.8. The van der Waals surface area contributed by atoms with Crippen LogP contribution in [0.15, 0.2) is 78.9 Å². The maximum atomic E-state index is 13.8. The van der Waals surface area contributed by atoms with Crippen molar-refractivity contribution < 1.29 is 17.9 Å². The summed E-state index contributed by atoms with van der Waals surface area (Å²) in [6, 6.07) is 23.1. The van der Waals surface area contributed by atoms with Crippen molar-refractivity contribution in [2.75, 3.05) is 38.1 Å². The van der Waals surface area contributed by atoms with Crippen LogP contribution in [0.4, 0.5) is 18.9 Å². The number of aromatic nitrogens is 2. The highest BCUT2D eigenvalue weighted by molar-refractivity contribution is 5.70. The molecule has 1 aliphatic heterocycles. The lowest BCUT2D eigenvalue weighted by Crippen LogP contribution is -2.44. The van der Waals surface area contributed by atoms with E-state index in [-0.39, 0.29) is 12.4 Å². The van der Waals surface area contributed by atoms with E-state index in [2.05, 4.69) is 39.2 Å². The zero-order valence-corrected chi connectivity index (χ0v) is 19.9. The lowest BCUT2D eigenvalue weighted by Gasteiger charge is -2.34. The van der Waals surface area contributed by atoms with Gasteiger partial charge in [-0.25, -0.2) is 0 Å². The number of ether oxygens (including phenoxy) is 1. The Morgan fingerprint density at radius 2 is 1.56 bits per heavy atom. The Morgan fingerprint density at radius 3 is 2.25 bits per heavy atom. The molecular formula is C28H27F3N4O. The number of H-pyrrole nitrogens is 1. The van der Waals surface area contributed by atoms with Crippen LogP contribution in [-0.2, 0) is 12.8 Å². The molecule has 2 heterocycles. The molecule has 5 nitrogen and oxygen atoms in total. The Hall–Kier alpha value is -3.78. The number of likely N-dealkylation sites (N-methyl/N-ethyl adjacent to an activating group) is 1. The van der Waals surface area contributed by atoms with Gasteiger partial charge in [-0.2, -0.15) is 18.3 Å². The van der Waals surface area contributed by atoms with Crippen molar-refractivity contribution in [3.05, 3.63) is 90.0 Å². The van der Waals surface area contributed by atoms with Gasteiger partial charge in [0.2, 0.25) is 0 Å². The summed E-state index contributed by atoms with van der Waals surface area (Å²) in [6.45, 7) is 4.08. The zero-order chi connectivity index (χ0) is 25.1. The molecule has 1 N–H and O–H groups in total. The molecule has 4 aromatic rings. The van der Waals surface area contributed by atoms with E-state index < -0.39 is 11.7 Å². The van der Waals surface area contributed by atoms with Crippen molar-refractivity contribution in [2.45, 2.75) is 12.8 Å². The summed E-state index contributed by atoms with van der Waals surface area (Å²) < 4.78 is 47.0. The lowest BCUT2D eigenvalue weighted by molar-refractivity contribution is -0.139. The van der Waals surface area contributed by atoms with E-state index in [0.29, 0.717) is 11.3 Å². The third-order valence-electron chi connectivity index (χ3n) is 6.44. The van der Waals surface area contributed by atoms with Crippen LogP contribution in [0, 0.1) is 0 Å². The van der Waals surface area contributed by atoms with E-state index in [9.17, 15) is 13.2 Å². The third kappa shape index (κ3) is 5.39. The summed E-state index contributed by atoms with van der Waals surface area (Å²) in [7, 11) is 2.12. The quantitative estimate of drug-likeness (QED) is 0.354. The fourth-order valence-corrected chi connectivity index (χ4v) is 4.31. The van der Waals surface area contributed by atoms with Gasteiger partial charge in [0.1, 0.15) is 12.4 Å². The molecular weight excluding hydrogens is 465 g/mol. The molecule has 36 heavy (non-hydrogen) atoms. The Kier molecular flexibility index (Phi) is 6.69. The molecule has 3 aromatic carbocycles. The van der Waals surface area contributed by atoms with Gasteiger partial charge in [0, 0.05) is 37.4 Å². The van der Waals surface area contributed by atoms with E-state index in [0.717, 1.165) is 54.8 Å². The number of halogens is 3. The molecule has 1 saturated heterocycles. The lowest BCUT2D eigenvalue weighted by atomic mass is 10.0. The van der Waals surface area contributed by atoms with Crippen LogP contribution in [0.3, 0.4) is 0 Å². The van der Waals surface area contributed by atoms with Crippen LogP contribution in [0.25, 0.3) is 22.5 Å². The van der Waals surface area contributed by atoms with E-state index in [1.807, 2.05) is 42.5 Å². The standard InChI is InChI=1S/C28H27F3N4O/c1-34-13-15-35(16-14-34)23-10-7-21(8-11-23)25-18-26(33-32-25)22-9-12-27(24(17-22)28(29,30)31)36-19-20-5-3-2-4-6-20/h2-12,17-18H,13-16,19H2,1H3,(H,32,33). The minimum Gasteiger partial charge on any atom is -0.488 e. The van der Waals surface area contributed by atoms with Crippen LogP contribution in [0.5, 0.6) is 5.75 Å². The van der Waals surface area contributed by atoms with Crippen molar-refractivity contribution in [1.29, 1.82) is 0 Å². The van der Waals surface area contributed by atoms with E-state index in [1.54, 1.807) is 12.1 Å². The minimum absolute atomic E-state index is 0.0555. The van der Waals surface area contributed by atoms with Crippen LogP contribution >= 0.6 is 0 Å². The summed E-state index contributed by atoms with van der Waals surface area (Å²) in [5.41, 5.74) is 3.60. The Morgan fingerprint density at radius 1 is 0.861 bits per heavy atom. The van der Waals surface area contributed by atoms with Gasteiger partial charge in [-0.15, -0.1) is 0 Å². The first-order valence-electron chi connectivity index (χ1n) is 11.8. The molecule has 1 aliphatic rings. The monoisotopic (exact) mass is 492 g/mol. The summed E-state index contributed by atoms with van der Waals surface area (Å²) in [4.78, 5) is 4.66. The number of aromatic amines is 1. The smallest absolute Gasteiger partial charge is 0.419 e. The third-order valence-corrected chi connectivity index (χ3v) is 6.44. The molecule has 0 spiro atoms. The fourth-order valence-electron chi connectivity index (χ4n) is 4.31. The molecule has 0 bridgehead atoms. The molecule has 8 heteroatoms. The number of anilines is 1. The topological polar surface area (TPSA) is 44.4 Å². The largest absolute Gasteiger partial charge is 0.488 e. The van der Waals surface area contributed by atoms with Gasteiger partial charge in [0.25, 0.3) is 0 Å². The Labute approximate surface area is 208 Å². The van der Waals surface area contributed by atoms with E-state index in [4.69, 9.17) is 4.74 Å². The normalized spacial score (nSPS) is 14.7. The second-order valence-corrected chi connectivity index (χ2v) is 8.99. The summed E-state index contributed by atoms with van der Waals surface area (Å²) in [6.07, 6.45) is -4.56. The molecule has 0 amide bonds. The number of benzene rings is 3. The molecule has 0 unspecified atom stereocenters. The first kappa shape index (κ1) is 23.9. The highest BCUT2D eigenvalue weighted by Gasteiger charge is 2.35.